The molecule has 0 aliphatic carbocycles. The average Bonchev–Trinajstić information content (AvgIpc) is 2.42. The quantitative estimate of drug-likeness (QED) is 0.377. The number of hydrogen-bond acceptors (Lipinski definition) is 3. The Labute approximate surface area is 135 Å². The molecule has 3 N–H and O–H groups in total. The van der Waals surface area contributed by atoms with E-state index >= 15 is 0 Å². The molecule has 25 heavy (non-hydrogen) atoms. The normalized spacial score (nSPS) is 15.2. The minimum atomic E-state index is -7.07. The maximum absolute atomic E-state index is 12.8. The molecule has 0 aliphatic heterocycles. The molecular weight excluding hydrogens is 404 g/mol. The predicted octanol–water partition coefficient (Wildman–Crippen LogP) is 3.55. The predicted molar refractivity (Wildman–Crippen MR) is 65.8 cm³/mol. The first kappa shape index (κ1) is 26.1. The lowest BCUT2D eigenvalue weighted by molar-refractivity contribution is -0.301. The molecule has 0 aliphatic rings. The van der Waals surface area contributed by atoms with Gasteiger partial charge in [-0.15, -0.1) is 6.58 Å². The van der Waals surface area contributed by atoms with Crippen molar-refractivity contribution in [3.63, 3.8) is 0 Å². The summed E-state index contributed by atoms with van der Waals surface area (Å²) in [6, 6.07) is 0. The van der Waals surface area contributed by atoms with Crippen molar-refractivity contribution in [2.24, 2.45) is 5.73 Å². The van der Waals surface area contributed by atoms with Gasteiger partial charge in [0.2, 0.25) is 0 Å². The first-order valence-electron chi connectivity index (χ1n) is 5.91. The molecule has 0 spiro atoms. The van der Waals surface area contributed by atoms with E-state index in [1.165, 1.54) is 0 Å². The van der Waals surface area contributed by atoms with Gasteiger partial charge in [0.1, 0.15) is 0 Å². The Kier molecular flexibility index (Phi) is 8.92. The zero-order valence-electron chi connectivity index (χ0n) is 12.0. The van der Waals surface area contributed by atoms with E-state index in [0.717, 1.165) is 0 Å². The molecular formula is C10H13F10NO3S. The summed E-state index contributed by atoms with van der Waals surface area (Å²) in [6.45, 7) is 3.94. The smallest absolute Gasteiger partial charge is 0.327 e. The van der Waals surface area contributed by atoms with Crippen LogP contribution in [0.15, 0.2) is 12.7 Å². The van der Waals surface area contributed by atoms with Gasteiger partial charge >= 0.3 is 33.4 Å². The third-order valence-corrected chi connectivity index (χ3v) is 3.25. The summed E-state index contributed by atoms with van der Waals surface area (Å²) >= 11 is 0. The van der Waals surface area contributed by atoms with Crippen molar-refractivity contribution in [1.82, 2.24) is 0 Å². The lowest BCUT2D eigenvalue weighted by Gasteiger charge is -2.32. The molecule has 1 unspecified atom stereocenters. The van der Waals surface area contributed by atoms with Crippen LogP contribution < -0.4 is 5.73 Å². The fourth-order valence-electron chi connectivity index (χ4n) is 1.02. The van der Waals surface area contributed by atoms with E-state index in [1.807, 2.05) is 0 Å². The van der Waals surface area contributed by atoms with Crippen molar-refractivity contribution in [2.75, 3.05) is 6.54 Å². The fraction of sp³-hybridized carbons (Fsp3) is 0.800. The lowest BCUT2D eigenvalue weighted by atomic mass is 10.0. The largest absolute Gasteiger partial charge is 0.438 e. The molecule has 0 radical (unpaired) electrons. The minimum absolute atomic E-state index is 0.583. The second kappa shape index (κ2) is 8.53. The van der Waals surface area contributed by atoms with E-state index in [-0.39, 0.29) is 0 Å². The van der Waals surface area contributed by atoms with Crippen LogP contribution in [0.1, 0.15) is 12.8 Å². The average molecular weight is 417 g/mol. The Balaban J connectivity index is 0. The van der Waals surface area contributed by atoms with Gasteiger partial charge in [-0.2, -0.15) is 47.9 Å². The third kappa shape index (κ3) is 6.62. The van der Waals surface area contributed by atoms with Crippen LogP contribution in [0.2, 0.25) is 0 Å². The van der Waals surface area contributed by atoms with Gasteiger partial charge < -0.3 is 5.73 Å². The van der Waals surface area contributed by atoms with Gasteiger partial charge in [0.15, 0.2) is 6.17 Å². The van der Waals surface area contributed by atoms with Crippen LogP contribution >= 0.6 is 0 Å². The highest BCUT2D eigenvalue weighted by Gasteiger charge is 2.79. The molecule has 0 aromatic rings. The molecule has 0 amide bonds. The molecule has 4 nitrogen and oxygen atoms in total. The van der Waals surface area contributed by atoms with Crippen molar-refractivity contribution in [2.45, 2.75) is 42.3 Å². The van der Waals surface area contributed by atoms with E-state index in [0.29, 0.717) is 6.54 Å². The van der Waals surface area contributed by atoms with E-state index in [2.05, 4.69) is 6.58 Å². The summed E-state index contributed by atoms with van der Waals surface area (Å²) in [5, 5.41) is -6.80. The zero-order chi connectivity index (χ0) is 20.9. The Morgan fingerprint density at radius 3 is 1.64 bits per heavy atom. The first-order valence-corrected chi connectivity index (χ1v) is 7.35. The van der Waals surface area contributed by atoms with Crippen LogP contribution in [0.3, 0.4) is 0 Å². The molecule has 0 saturated carbocycles. The number of alkyl halides is 10. The van der Waals surface area contributed by atoms with Gasteiger partial charge in [-0.05, 0) is 6.42 Å². The van der Waals surface area contributed by atoms with E-state index in [1.54, 1.807) is 6.08 Å². The molecule has 15 heteroatoms. The van der Waals surface area contributed by atoms with Crippen LogP contribution in [0, 0.1) is 0 Å². The molecule has 0 bridgehead atoms. The van der Waals surface area contributed by atoms with Crippen molar-refractivity contribution >= 4 is 10.1 Å². The van der Waals surface area contributed by atoms with Crippen molar-refractivity contribution in [1.29, 1.82) is 0 Å². The summed E-state index contributed by atoms with van der Waals surface area (Å²) in [6.07, 6.45) is -12.7. The molecule has 152 valence electrons. The van der Waals surface area contributed by atoms with Crippen LogP contribution in [0.4, 0.5) is 43.9 Å². The van der Waals surface area contributed by atoms with Crippen LogP contribution in [-0.2, 0) is 10.1 Å². The van der Waals surface area contributed by atoms with Gasteiger partial charge in [-0.3, -0.25) is 4.55 Å². The van der Waals surface area contributed by atoms with E-state index in [4.69, 9.17) is 10.3 Å². The van der Waals surface area contributed by atoms with Gasteiger partial charge in [0.05, 0.1) is 0 Å². The molecule has 0 saturated heterocycles. The summed E-state index contributed by atoms with van der Waals surface area (Å²) in [7, 11) is -7.07. The van der Waals surface area contributed by atoms with Crippen molar-refractivity contribution < 1.29 is 56.9 Å². The summed E-state index contributed by atoms with van der Waals surface area (Å²) in [5.74, 6) is -13.4. The third-order valence-electron chi connectivity index (χ3n) is 2.35. The van der Waals surface area contributed by atoms with Crippen molar-refractivity contribution in [3.05, 3.63) is 12.7 Å². The van der Waals surface area contributed by atoms with Gasteiger partial charge in [0.25, 0.3) is 0 Å². The van der Waals surface area contributed by atoms with E-state index in [9.17, 15) is 52.3 Å². The van der Waals surface area contributed by atoms with Crippen LogP contribution in [-0.4, -0.2) is 49.0 Å². The maximum Gasteiger partial charge on any atom is 0.438 e. The Morgan fingerprint density at radius 1 is 1.04 bits per heavy atom. The molecule has 0 fully saturated rings. The number of rotatable bonds is 7. The van der Waals surface area contributed by atoms with Gasteiger partial charge in [-0.25, -0.2) is 4.39 Å². The number of hydrogen-bond donors (Lipinski definition) is 2. The van der Waals surface area contributed by atoms with E-state index < -0.39 is 52.4 Å². The molecule has 0 heterocycles. The van der Waals surface area contributed by atoms with Gasteiger partial charge in [0, 0.05) is 13.0 Å². The molecule has 0 aromatic heterocycles. The van der Waals surface area contributed by atoms with Crippen molar-refractivity contribution in [3.8, 4) is 0 Å². The van der Waals surface area contributed by atoms with Crippen LogP contribution in [0.25, 0.3) is 0 Å². The zero-order valence-corrected chi connectivity index (χ0v) is 12.8. The summed E-state index contributed by atoms with van der Waals surface area (Å²) < 4.78 is 152. The Hall–Kier alpha value is -1.09. The first-order chi connectivity index (χ1) is 10.8. The minimum Gasteiger partial charge on any atom is -0.327 e. The topological polar surface area (TPSA) is 80.4 Å². The fourth-order valence-corrected chi connectivity index (χ4v) is 1.48. The second-order valence-corrected chi connectivity index (χ2v) is 5.80. The standard InChI is InChI=1S/C7H6F10O3S.C3H7N/c8-3(1-2-4(9,10)11)5(12,13)6(14,15)7(16,17)21(18,19)20;1-2-3-4/h3H,1-2H2,(H,18,19,20);2H,1,3-4H2. The Morgan fingerprint density at radius 2 is 1.40 bits per heavy atom. The lowest BCUT2D eigenvalue weighted by Crippen LogP contribution is -2.61. The SMILES string of the molecule is C=CCN.O=S(=O)(O)C(F)(F)C(F)(F)C(F)(F)C(F)CCC(F)(F)F. The molecule has 0 rings (SSSR count). The molecule has 0 aromatic carbocycles. The highest BCUT2D eigenvalue weighted by atomic mass is 32.2. The number of halogens is 10. The second-order valence-electron chi connectivity index (χ2n) is 4.33. The highest BCUT2D eigenvalue weighted by molar-refractivity contribution is 7.87. The van der Waals surface area contributed by atoms with Gasteiger partial charge in [-0.1, -0.05) is 6.08 Å². The number of nitrogens with two attached hydrogens (primary N) is 1. The summed E-state index contributed by atoms with van der Waals surface area (Å²) in [5.41, 5.74) is 4.91. The monoisotopic (exact) mass is 417 g/mol. The molecule has 1 atom stereocenters. The van der Waals surface area contributed by atoms with Crippen LogP contribution in [0.5, 0.6) is 0 Å². The Bertz CT molecular complexity index is 532. The summed E-state index contributed by atoms with van der Waals surface area (Å²) in [4.78, 5) is 0. The maximum atomic E-state index is 12.8. The highest BCUT2D eigenvalue weighted by Crippen LogP contribution is 2.51.